The molecule has 1 radical (unpaired) electrons. The van der Waals surface area contributed by atoms with E-state index in [1.165, 1.54) is 23.3 Å². The van der Waals surface area contributed by atoms with Gasteiger partial charge in [-0.2, -0.15) is 5.06 Å². The van der Waals surface area contributed by atoms with Gasteiger partial charge in [0.1, 0.15) is 12.4 Å². The van der Waals surface area contributed by atoms with E-state index >= 15 is 0 Å². The van der Waals surface area contributed by atoms with Crippen molar-refractivity contribution in [2.75, 3.05) is 13.2 Å². The molecule has 1 saturated heterocycles. The van der Waals surface area contributed by atoms with Crippen LogP contribution < -0.4 is 5.69 Å². The van der Waals surface area contributed by atoms with Gasteiger partial charge in [-0.25, -0.2) is 14.6 Å². The molecule has 135 valence electrons. The molecule has 2 aliphatic rings. The summed E-state index contributed by atoms with van der Waals surface area (Å²) in [6.07, 6.45) is 7.98. The van der Waals surface area contributed by atoms with Crippen LogP contribution in [0.1, 0.15) is 5.56 Å². The highest BCUT2D eigenvalue weighted by atomic mass is 16.7. The molecule has 1 N–H and O–H groups in total. The number of carbonyl (C=O) groups is 1. The van der Waals surface area contributed by atoms with Gasteiger partial charge in [0.05, 0.1) is 13.2 Å². The van der Waals surface area contributed by atoms with Gasteiger partial charge in [0, 0.05) is 31.0 Å². The van der Waals surface area contributed by atoms with E-state index in [4.69, 9.17) is 14.9 Å². The molecular formula is C16H19BN5O4. The normalized spacial score (nSPS) is 21.4. The summed E-state index contributed by atoms with van der Waals surface area (Å²) in [5, 5.41) is 8.28. The lowest BCUT2D eigenvalue weighted by Gasteiger charge is -2.29. The molecule has 3 heterocycles. The lowest BCUT2D eigenvalue weighted by atomic mass is 9.84. The summed E-state index contributed by atoms with van der Waals surface area (Å²) in [6, 6.07) is -0.793. The monoisotopic (exact) mass is 356 g/mol. The van der Waals surface area contributed by atoms with Crippen LogP contribution >= 0.6 is 0 Å². The molecule has 26 heavy (non-hydrogen) atoms. The Bertz CT molecular complexity index is 808. The van der Waals surface area contributed by atoms with Crippen molar-refractivity contribution >= 4 is 25.5 Å². The van der Waals surface area contributed by atoms with Crippen molar-refractivity contribution in [3.63, 3.8) is 0 Å². The third kappa shape index (κ3) is 3.27. The van der Waals surface area contributed by atoms with Crippen LogP contribution in [-0.4, -0.2) is 64.7 Å². The van der Waals surface area contributed by atoms with Gasteiger partial charge in [0.15, 0.2) is 0 Å². The molecule has 10 heteroatoms. The molecule has 0 spiro atoms. The van der Waals surface area contributed by atoms with Crippen LogP contribution in [0.4, 0.5) is 4.79 Å². The van der Waals surface area contributed by atoms with Gasteiger partial charge >= 0.3 is 19.2 Å². The Morgan fingerprint density at radius 3 is 3.00 bits per heavy atom. The number of hydroxylamine groups is 2. The van der Waals surface area contributed by atoms with Crippen LogP contribution in [0.25, 0.3) is 5.57 Å². The van der Waals surface area contributed by atoms with Crippen LogP contribution in [0.15, 0.2) is 35.9 Å². The molecule has 1 aromatic rings. The van der Waals surface area contributed by atoms with Crippen LogP contribution in [-0.2, 0) is 16.5 Å². The molecule has 3 rings (SSSR count). The van der Waals surface area contributed by atoms with Crippen molar-refractivity contribution in [1.82, 2.24) is 19.5 Å². The van der Waals surface area contributed by atoms with Crippen molar-refractivity contribution in [3.8, 4) is 0 Å². The summed E-state index contributed by atoms with van der Waals surface area (Å²) < 4.78 is 6.28. The highest BCUT2D eigenvalue weighted by molar-refractivity contribution is 6.29. The number of nitrogens with one attached hydrogen (secondary N) is 1. The maximum atomic E-state index is 12.7. The van der Waals surface area contributed by atoms with E-state index in [1.807, 2.05) is 6.08 Å². The minimum absolute atomic E-state index is 0.211. The lowest BCUT2D eigenvalue weighted by molar-refractivity contribution is -0.105. The van der Waals surface area contributed by atoms with Gasteiger partial charge < -0.3 is 14.1 Å². The third-order valence-electron chi connectivity index (χ3n) is 4.33. The number of hydrogen-bond acceptors (Lipinski definition) is 6. The summed E-state index contributed by atoms with van der Waals surface area (Å²) in [7, 11) is 3.11. The molecule has 2 aliphatic heterocycles. The number of carbonyl (C=O) groups excluding carboxylic acids is 1. The topological polar surface area (TPSA) is 101 Å². The fourth-order valence-electron chi connectivity index (χ4n) is 3.14. The lowest BCUT2D eigenvalue weighted by Crippen LogP contribution is -2.39. The molecule has 9 nitrogen and oxygen atoms in total. The molecule has 2 atom stereocenters. The highest BCUT2D eigenvalue weighted by Crippen LogP contribution is 2.36. The Labute approximate surface area is 151 Å². The Morgan fingerprint density at radius 1 is 1.50 bits per heavy atom. The summed E-state index contributed by atoms with van der Waals surface area (Å²) in [4.78, 5) is 35.5. The fraction of sp³-hybridized carbons (Fsp3) is 0.375. The van der Waals surface area contributed by atoms with E-state index in [2.05, 4.69) is 11.6 Å². The zero-order valence-electron chi connectivity index (χ0n) is 14.4. The second-order valence-electron chi connectivity index (χ2n) is 5.94. The molecule has 2 amide bonds. The number of aromatic nitrogens is 2. The van der Waals surface area contributed by atoms with E-state index in [9.17, 15) is 9.59 Å². The SMILES string of the molecule is C=CCON1C(=O)N2CC1C(c1cnc(=O)n(C)c1)=C[C@H]2C[B]OC=N. The first kappa shape index (κ1) is 17.9. The van der Waals surface area contributed by atoms with E-state index in [1.54, 1.807) is 24.2 Å². The fourth-order valence-corrected chi connectivity index (χ4v) is 3.14. The Hall–Kier alpha value is -2.88. The van der Waals surface area contributed by atoms with Gasteiger partial charge in [-0.05, 0) is 11.9 Å². The van der Waals surface area contributed by atoms with E-state index in [-0.39, 0.29) is 30.4 Å². The minimum atomic E-state index is -0.349. The smallest absolute Gasteiger partial charge is 0.373 e. The van der Waals surface area contributed by atoms with Gasteiger partial charge in [0.25, 0.3) is 0 Å². The average molecular weight is 356 g/mol. The van der Waals surface area contributed by atoms with E-state index < -0.39 is 0 Å². The van der Waals surface area contributed by atoms with Gasteiger partial charge in [-0.3, -0.25) is 10.2 Å². The number of hydrogen-bond donors (Lipinski definition) is 1. The second-order valence-corrected chi connectivity index (χ2v) is 5.94. The van der Waals surface area contributed by atoms with Crippen molar-refractivity contribution in [2.24, 2.45) is 7.05 Å². The van der Waals surface area contributed by atoms with Gasteiger partial charge in [-0.1, -0.05) is 12.2 Å². The molecule has 2 bridgehead atoms. The number of fused-ring (bicyclic) bond motifs is 2. The van der Waals surface area contributed by atoms with Crippen molar-refractivity contribution in [1.29, 1.82) is 5.41 Å². The quantitative estimate of drug-likeness (QED) is 0.239. The Kier molecular flexibility index (Phi) is 5.22. The van der Waals surface area contributed by atoms with Gasteiger partial charge in [0.2, 0.25) is 0 Å². The second kappa shape index (κ2) is 7.57. The molecule has 0 saturated carbocycles. The largest absolute Gasteiger partial charge is 0.556 e. The first-order valence-corrected chi connectivity index (χ1v) is 8.11. The predicted molar refractivity (Wildman–Crippen MR) is 95.6 cm³/mol. The summed E-state index contributed by atoms with van der Waals surface area (Å²) in [6.45, 7) is 4.28. The number of aryl methyl sites for hydroxylation is 1. The Balaban J connectivity index is 1.96. The minimum Gasteiger partial charge on any atom is -0.556 e. The first-order valence-electron chi connectivity index (χ1n) is 8.11. The number of nitrogens with zero attached hydrogens (tertiary/aromatic N) is 4. The van der Waals surface area contributed by atoms with Crippen molar-refractivity contribution < 1.29 is 14.3 Å². The molecule has 1 fully saturated rings. The van der Waals surface area contributed by atoms with Crippen LogP contribution in [0, 0.1) is 5.41 Å². The summed E-state index contributed by atoms with van der Waals surface area (Å²) in [5.74, 6) is 0. The van der Waals surface area contributed by atoms with Crippen LogP contribution in [0.2, 0.25) is 6.32 Å². The number of amides is 2. The third-order valence-corrected chi connectivity index (χ3v) is 4.33. The van der Waals surface area contributed by atoms with Crippen LogP contribution in [0.5, 0.6) is 0 Å². The average Bonchev–Trinajstić information content (AvgIpc) is 2.90. The molecular weight excluding hydrogens is 337 g/mol. The molecule has 0 aliphatic carbocycles. The van der Waals surface area contributed by atoms with E-state index in [0.717, 1.165) is 17.5 Å². The summed E-state index contributed by atoms with van der Waals surface area (Å²) >= 11 is 0. The van der Waals surface area contributed by atoms with E-state index in [0.29, 0.717) is 12.9 Å². The van der Waals surface area contributed by atoms with Crippen LogP contribution in [0.3, 0.4) is 0 Å². The number of rotatable bonds is 8. The first-order chi connectivity index (χ1) is 12.6. The van der Waals surface area contributed by atoms with Crippen molar-refractivity contribution in [2.45, 2.75) is 18.4 Å². The van der Waals surface area contributed by atoms with Gasteiger partial charge in [-0.15, -0.1) is 6.58 Å². The molecule has 1 unspecified atom stereocenters. The zero-order valence-corrected chi connectivity index (χ0v) is 14.4. The zero-order chi connectivity index (χ0) is 18.7. The predicted octanol–water partition coefficient (Wildman–Crippen LogP) is 0.431. The molecule has 1 aromatic heterocycles. The molecule has 0 aromatic carbocycles. The number of urea groups is 1. The Morgan fingerprint density at radius 2 is 2.31 bits per heavy atom. The van der Waals surface area contributed by atoms with Crippen molar-refractivity contribution in [3.05, 3.63) is 47.2 Å². The highest BCUT2D eigenvalue weighted by Gasteiger charge is 2.46. The maximum absolute atomic E-state index is 12.7. The maximum Gasteiger partial charge on any atom is 0.373 e. The standard InChI is InChI=1S/C16H19BN5O4/c1-3-4-26-22-14-9-21(16(22)24)12(6-17-25-10-18)5-13(14)11-7-19-15(23)20(2)8-11/h3,5,7-8,10,12,14,18H,1,4,6,9H2,2H3/t12-,14?/m0/s1. The summed E-state index contributed by atoms with van der Waals surface area (Å²) in [5.41, 5.74) is 1.25.